The lowest BCUT2D eigenvalue weighted by molar-refractivity contribution is -0.456. The molecule has 0 bridgehead atoms. The first-order valence-corrected chi connectivity index (χ1v) is 14.3. The summed E-state index contributed by atoms with van der Waals surface area (Å²) in [5.74, 6) is -66.6. The van der Waals surface area contributed by atoms with E-state index in [1.54, 1.807) is 0 Å². The number of halogens is 16. The molecule has 0 aliphatic carbocycles. The molecule has 0 aliphatic rings. The number of methoxy groups -OCH3 is 2. The van der Waals surface area contributed by atoms with Crippen LogP contribution in [0, 0.1) is 0 Å². The number of benzene rings is 2. The van der Waals surface area contributed by atoms with Crippen molar-refractivity contribution in [2.45, 2.75) is 99.8 Å². The Labute approximate surface area is 275 Å². The van der Waals surface area contributed by atoms with Crippen molar-refractivity contribution in [3.8, 4) is 11.5 Å². The second kappa shape index (κ2) is 13.2. The fourth-order valence-corrected chi connectivity index (χ4v) is 4.80. The largest absolute Gasteiger partial charge is 0.495 e. The Morgan fingerprint density at radius 1 is 0.480 bits per heavy atom. The third-order valence-electron chi connectivity index (χ3n) is 8.56. The Morgan fingerprint density at radius 3 is 0.940 bits per heavy atom. The van der Waals surface area contributed by atoms with Crippen LogP contribution in [0.25, 0.3) is 0 Å². The van der Waals surface area contributed by atoms with Gasteiger partial charge in [-0.3, -0.25) is 0 Å². The van der Waals surface area contributed by atoms with Crippen molar-refractivity contribution in [3.05, 3.63) is 46.5 Å². The lowest BCUT2D eigenvalue weighted by Crippen LogP contribution is -2.74. The lowest BCUT2D eigenvalue weighted by Gasteiger charge is -2.44. The topological polar surface area (TPSA) is 70.5 Å². The summed E-state index contributed by atoms with van der Waals surface area (Å²) in [6.45, 7) is 5.30. The number of nitrogens with two attached hydrogens (primary N) is 2. The summed E-state index contributed by atoms with van der Waals surface area (Å²) in [4.78, 5) is 0. The second-order valence-electron chi connectivity index (χ2n) is 11.6. The Hall–Kier alpha value is -3.48. The molecule has 0 heterocycles. The van der Waals surface area contributed by atoms with Crippen molar-refractivity contribution < 1.29 is 79.7 Å². The Kier molecular flexibility index (Phi) is 11.3. The van der Waals surface area contributed by atoms with Crippen molar-refractivity contribution in [1.29, 1.82) is 0 Å². The van der Waals surface area contributed by atoms with E-state index in [9.17, 15) is 52.7 Å². The molecule has 0 spiro atoms. The monoisotopic (exact) mass is 756 g/mol. The number of rotatable bonds is 15. The first-order valence-electron chi connectivity index (χ1n) is 14.3. The van der Waals surface area contributed by atoms with E-state index in [2.05, 4.69) is 9.47 Å². The number of ether oxygens (including phenoxy) is 2. The minimum atomic E-state index is -8.59. The van der Waals surface area contributed by atoms with Crippen molar-refractivity contribution in [3.63, 3.8) is 0 Å². The van der Waals surface area contributed by atoms with Crippen LogP contribution in [0.1, 0.15) is 74.6 Å². The van der Waals surface area contributed by atoms with Gasteiger partial charge in [-0.05, 0) is 60.1 Å². The first-order chi connectivity index (χ1) is 22.4. The first kappa shape index (κ1) is 42.7. The third kappa shape index (κ3) is 5.90. The molecule has 2 rings (SSSR count). The standard InChI is InChI=1S/C30H32F16N2O2/c1-7-13(3)17-9-15(11-19(49-5)21(17)47)23(31,32)25(35,36)27(39,40)29(43,44)30(45,46)28(41,42)26(37,38)24(33,34)16-10-18(14(4)8-2)22(48)20(12-16)50-6/h9-14H,7-8,47-48H2,1-6H3. The van der Waals surface area contributed by atoms with Gasteiger partial charge in [0.1, 0.15) is 11.5 Å². The van der Waals surface area contributed by atoms with Crippen molar-refractivity contribution in [2.24, 2.45) is 0 Å². The summed E-state index contributed by atoms with van der Waals surface area (Å²) in [7, 11) is 1.44. The number of nitrogen functional groups attached to an aromatic ring is 2. The van der Waals surface area contributed by atoms with Crippen molar-refractivity contribution >= 4 is 11.4 Å². The molecule has 0 fully saturated rings. The van der Waals surface area contributed by atoms with E-state index < -0.39 is 104 Å². The fraction of sp³-hybridized carbons (Fsp3) is 0.600. The molecular weight excluding hydrogens is 724 g/mol. The summed E-state index contributed by atoms with van der Waals surface area (Å²) < 4.78 is 248. The highest BCUT2D eigenvalue weighted by Gasteiger charge is 2.95. The van der Waals surface area contributed by atoms with Gasteiger partial charge in [-0.15, -0.1) is 0 Å². The van der Waals surface area contributed by atoms with Gasteiger partial charge in [-0.25, -0.2) is 0 Å². The smallest absolute Gasteiger partial charge is 0.385 e. The van der Waals surface area contributed by atoms with E-state index in [4.69, 9.17) is 11.5 Å². The summed E-state index contributed by atoms with van der Waals surface area (Å²) >= 11 is 0. The summed E-state index contributed by atoms with van der Waals surface area (Å²) in [6, 6.07) is -0.326. The van der Waals surface area contributed by atoms with E-state index in [0.717, 1.165) is 14.2 Å². The highest BCUT2D eigenvalue weighted by atomic mass is 19.4. The van der Waals surface area contributed by atoms with E-state index in [1.165, 1.54) is 27.7 Å². The highest BCUT2D eigenvalue weighted by molar-refractivity contribution is 5.63. The molecule has 2 aromatic rings. The highest BCUT2D eigenvalue weighted by Crippen LogP contribution is 2.66. The van der Waals surface area contributed by atoms with Crippen LogP contribution < -0.4 is 20.9 Å². The molecule has 0 aliphatic heterocycles. The van der Waals surface area contributed by atoms with E-state index >= 15 is 17.6 Å². The zero-order valence-corrected chi connectivity index (χ0v) is 26.9. The maximum absolute atomic E-state index is 15.1. The predicted molar refractivity (Wildman–Crippen MR) is 150 cm³/mol. The van der Waals surface area contributed by atoms with Crippen LogP contribution in [0.15, 0.2) is 24.3 Å². The molecule has 0 radical (unpaired) electrons. The zero-order chi connectivity index (χ0) is 39.4. The van der Waals surface area contributed by atoms with Crippen LogP contribution in [0.4, 0.5) is 81.6 Å². The Morgan fingerprint density at radius 2 is 0.720 bits per heavy atom. The summed E-state index contributed by atoms with van der Waals surface area (Å²) in [5.41, 5.74) is 4.63. The molecule has 0 saturated heterocycles. The van der Waals surface area contributed by atoms with Gasteiger partial charge in [0.15, 0.2) is 0 Å². The van der Waals surface area contributed by atoms with Gasteiger partial charge in [-0.1, -0.05) is 27.7 Å². The van der Waals surface area contributed by atoms with Crippen LogP contribution >= 0.6 is 0 Å². The van der Waals surface area contributed by atoms with Crippen LogP contribution in [-0.4, -0.2) is 49.8 Å². The molecule has 2 aromatic carbocycles. The van der Waals surface area contributed by atoms with Gasteiger partial charge < -0.3 is 20.9 Å². The molecule has 0 saturated carbocycles. The fourth-order valence-electron chi connectivity index (χ4n) is 4.80. The van der Waals surface area contributed by atoms with Crippen molar-refractivity contribution in [2.75, 3.05) is 25.7 Å². The maximum Gasteiger partial charge on any atom is 0.385 e. The van der Waals surface area contributed by atoms with Crippen LogP contribution in [-0.2, 0) is 11.8 Å². The number of hydrogen-bond acceptors (Lipinski definition) is 4. The molecule has 2 atom stereocenters. The number of hydrogen-bond donors (Lipinski definition) is 2. The minimum Gasteiger partial charge on any atom is -0.495 e. The molecule has 0 amide bonds. The van der Waals surface area contributed by atoms with Gasteiger partial charge in [0.2, 0.25) is 0 Å². The van der Waals surface area contributed by atoms with Crippen LogP contribution in [0.3, 0.4) is 0 Å². The average molecular weight is 757 g/mol. The quantitative estimate of drug-likeness (QED) is 0.140. The Bertz CT molecular complexity index is 1430. The minimum absolute atomic E-state index is 0.00412. The van der Waals surface area contributed by atoms with E-state index in [0.29, 0.717) is 0 Å². The second-order valence-corrected chi connectivity index (χ2v) is 11.6. The predicted octanol–water partition coefficient (Wildman–Crippen LogP) is 10.6. The summed E-state index contributed by atoms with van der Waals surface area (Å²) in [5, 5.41) is 0. The van der Waals surface area contributed by atoms with Gasteiger partial charge in [0, 0.05) is 11.1 Å². The molecule has 0 aromatic heterocycles. The molecular formula is C30H32F16N2O2. The number of alkyl halides is 16. The van der Waals surface area contributed by atoms with Crippen LogP contribution in [0.2, 0.25) is 0 Å². The van der Waals surface area contributed by atoms with Crippen molar-refractivity contribution in [1.82, 2.24) is 0 Å². The van der Waals surface area contributed by atoms with E-state index in [-0.39, 0.29) is 37.1 Å². The molecule has 2 unspecified atom stereocenters. The molecule has 4 N–H and O–H groups in total. The van der Waals surface area contributed by atoms with Gasteiger partial charge >= 0.3 is 47.4 Å². The lowest BCUT2D eigenvalue weighted by atomic mass is 9.83. The molecule has 4 nitrogen and oxygen atoms in total. The van der Waals surface area contributed by atoms with Crippen LogP contribution in [0.5, 0.6) is 11.5 Å². The number of anilines is 2. The zero-order valence-electron chi connectivity index (χ0n) is 26.9. The van der Waals surface area contributed by atoms with Gasteiger partial charge in [0.05, 0.1) is 25.6 Å². The van der Waals surface area contributed by atoms with E-state index in [1.807, 2.05) is 0 Å². The average Bonchev–Trinajstić information content (AvgIpc) is 3.03. The molecule has 286 valence electrons. The summed E-state index contributed by atoms with van der Waals surface area (Å²) in [6.07, 6.45) is 0.0183. The van der Waals surface area contributed by atoms with Gasteiger partial charge in [-0.2, -0.15) is 70.2 Å². The SMILES string of the molecule is CCC(C)c1cc(C(F)(F)C(F)(F)C(F)(F)C(F)(F)C(F)(F)C(F)(F)C(F)(F)C(F)(F)c2cc(OC)c(N)c(C(C)CC)c2)cc(OC)c1N. The molecule has 20 heteroatoms. The maximum atomic E-state index is 15.1. The normalized spacial score (nSPS) is 15.6. The molecule has 50 heavy (non-hydrogen) atoms. The third-order valence-corrected chi connectivity index (χ3v) is 8.56. The Balaban J connectivity index is 2.81. The van der Waals surface area contributed by atoms with Gasteiger partial charge in [0.25, 0.3) is 0 Å².